The summed E-state index contributed by atoms with van der Waals surface area (Å²) >= 11 is 3.11. The van der Waals surface area contributed by atoms with Crippen molar-refractivity contribution in [2.75, 3.05) is 0 Å². The Hall–Kier alpha value is -0.900. The quantitative estimate of drug-likeness (QED) is 0.906. The molecule has 0 spiro atoms. The molecule has 0 aromatic heterocycles. The molecule has 2 fully saturated rings. The van der Waals surface area contributed by atoms with Crippen molar-refractivity contribution in [1.82, 2.24) is 5.32 Å². The molecule has 1 amide bonds. The Kier molecular flexibility index (Phi) is 3.14. The van der Waals surface area contributed by atoms with Gasteiger partial charge in [0.25, 0.3) is 5.91 Å². The lowest BCUT2D eigenvalue weighted by Crippen LogP contribution is -2.38. The number of carbonyl (C=O) groups excluding carboxylic acids is 1. The molecule has 2 nitrogen and oxygen atoms in total. The summed E-state index contributed by atoms with van der Waals surface area (Å²) in [4.78, 5) is 12.1. The van der Waals surface area contributed by atoms with E-state index in [2.05, 4.69) is 21.2 Å². The lowest BCUT2D eigenvalue weighted by atomic mass is 10.1. The van der Waals surface area contributed by atoms with Crippen molar-refractivity contribution >= 4 is 21.8 Å². The first-order valence-corrected chi connectivity index (χ1v) is 7.20. The number of nitrogens with one attached hydrogen (secondary N) is 1. The highest BCUT2D eigenvalue weighted by molar-refractivity contribution is 9.10. The third-order valence-electron chi connectivity index (χ3n) is 3.74. The Balaban J connectivity index is 1.71. The van der Waals surface area contributed by atoms with Gasteiger partial charge in [-0.05, 0) is 71.6 Å². The molecule has 2 saturated carbocycles. The molecule has 1 aromatic rings. The van der Waals surface area contributed by atoms with E-state index in [4.69, 9.17) is 0 Å². The van der Waals surface area contributed by atoms with Crippen LogP contribution in [-0.2, 0) is 0 Å². The van der Waals surface area contributed by atoms with Gasteiger partial charge in [0.15, 0.2) is 0 Å². The van der Waals surface area contributed by atoms with E-state index in [1.807, 2.05) is 0 Å². The maximum atomic E-state index is 13.1. The number of amides is 1. The minimum absolute atomic E-state index is 0.0838. The summed E-state index contributed by atoms with van der Waals surface area (Å²) in [6, 6.07) is 4.73. The molecule has 0 radical (unpaired) electrons. The summed E-state index contributed by atoms with van der Waals surface area (Å²) in [7, 11) is 0. The van der Waals surface area contributed by atoms with Gasteiger partial charge in [-0.3, -0.25) is 4.79 Å². The fourth-order valence-corrected chi connectivity index (χ4v) is 2.78. The molecule has 1 N–H and O–H groups in total. The molecule has 96 valence electrons. The first kappa shape index (κ1) is 12.2. The number of hydrogen-bond acceptors (Lipinski definition) is 1. The molecular formula is C14H15BrFNO. The van der Waals surface area contributed by atoms with E-state index in [0.717, 1.165) is 0 Å². The standard InChI is InChI=1S/C14H15BrFNO/c15-11-7-10(5-6-12(11)16)14(18)17-13(8-1-2-8)9-3-4-9/h5-9,13H,1-4H2,(H,17,18). The van der Waals surface area contributed by atoms with Gasteiger partial charge in [-0.25, -0.2) is 4.39 Å². The summed E-state index contributed by atoms with van der Waals surface area (Å²) < 4.78 is 13.5. The van der Waals surface area contributed by atoms with Crippen LogP contribution in [0.3, 0.4) is 0 Å². The second-order valence-corrected chi connectivity index (χ2v) is 6.16. The van der Waals surface area contributed by atoms with Gasteiger partial charge in [-0.2, -0.15) is 0 Å². The van der Waals surface area contributed by atoms with Crippen LogP contribution in [0.2, 0.25) is 0 Å². The topological polar surface area (TPSA) is 29.1 Å². The van der Waals surface area contributed by atoms with Crippen LogP contribution >= 0.6 is 15.9 Å². The van der Waals surface area contributed by atoms with Crippen molar-refractivity contribution in [3.05, 3.63) is 34.1 Å². The van der Waals surface area contributed by atoms with E-state index in [-0.39, 0.29) is 11.7 Å². The van der Waals surface area contributed by atoms with E-state index >= 15 is 0 Å². The summed E-state index contributed by atoms with van der Waals surface area (Å²) in [6.07, 6.45) is 4.92. The maximum absolute atomic E-state index is 13.1. The first-order valence-electron chi connectivity index (χ1n) is 6.41. The fourth-order valence-electron chi connectivity index (χ4n) is 2.40. The van der Waals surface area contributed by atoms with Crippen LogP contribution in [0.25, 0.3) is 0 Å². The number of carbonyl (C=O) groups is 1. The number of benzene rings is 1. The lowest BCUT2D eigenvalue weighted by molar-refractivity contribution is 0.0926. The zero-order chi connectivity index (χ0) is 12.7. The Labute approximate surface area is 114 Å². The van der Waals surface area contributed by atoms with Crippen molar-refractivity contribution in [3.63, 3.8) is 0 Å². The average Bonchev–Trinajstić information content (AvgIpc) is 3.22. The van der Waals surface area contributed by atoms with Gasteiger partial charge in [-0.1, -0.05) is 0 Å². The Morgan fingerprint density at radius 1 is 1.28 bits per heavy atom. The van der Waals surface area contributed by atoms with Crippen LogP contribution in [0.1, 0.15) is 36.0 Å². The van der Waals surface area contributed by atoms with Crippen molar-refractivity contribution < 1.29 is 9.18 Å². The second-order valence-electron chi connectivity index (χ2n) is 5.30. The molecule has 0 atom stereocenters. The highest BCUT2D eigenvalue weighted by Gasteiger charge is 2.42. The number of rotatable bonds is 4. The average molecular weight is 312 g/mol. The molecule has 0 aliphatic heterocycles. The van der Waals surface area contributed by atoms with Gasteiger partial charge < -0.3 is 5.32 Å². The van der Waals surface area contributed by atoms with Gasteiger partial charge in [0.2, 0.25) is 0 Å². The Bertz CT molecular complexity index is 471. The third-order valence-corrected chi connectivity index (χ3v) is 4.35. The molecule has 1 aromatic carbocycles. The van der Waals surface area contributed by atoms with E-state index in [9.17, 15) is 9.18 Å². The summed E-state index contributed by atoms with van der Waals surface area (Å²) in [5.74, 6) is 0.919. The predicted octanol–water partition coefficient (Wildman–Crippen LogP) is 3.51. The van der Waals surface area contributed by atoms with Gasteiger partial charge in [0, 0.05) is 11.6 Å². The van der Waals surface area contributed by atoms with Gasteiger partial charge in [-0.15, -0.1) is 0 Å². The molecule has 4 heteroatoms. The van der Waals surface area contributed by atoms with Crippen LogP contribution in [0.4, 0.5) is 4.39 Å². The smallest absolute Gasteiger partial charge is 0.251 e. The van der Waals surface area contributed by atoms with E-state index < -0.39 is 0 Å². The highest BCUT2D eigenvalue weighted by atomic mass is 79.9. The SMILES string of the molecule is O=C(NC(C1CC1)C1CC1)c1ccc(F)c(Br)c1. The van der Waals surface area contributed by atoms with E-state index in [1.165, 1.54) is 37.8 Å². The summed E-state index contributed by atoms with van der Waals surface area (Å²) in [5.41, 5.74) is 0.523. The number of halogens is 2. The third kappa shape index (κ3) is 2.58. The van der Waals surface area contributed by atoms with E-state index in [0.29, 0.717) is 27.9 Å². The summed E-state index contributed by atoms with van der Waals surface area (Å²) in [6.45, 7) is 0. The molecule has 3 rings (SSSR count). The second kappa shape index (κ2) is 4.65. The van der Waals surface area contributed by atoms with Crippen LogP contribution in [-0.4, -0.2) is 11.9 Å². The van der Waals surface area contributed by atoms with Gasteiger partial charge >= 0.3 is 0 Å². The molecule has 18 heavy (non-hydrogen) atoms. The zero-order valence-electron chi connectivity index (χ0n) is 9.96. The van der Waals surface area contributed by atoms with Crippen LogP contribution in [0, 0.1) is 17.7 Å². The van der Waals surface area contributed by atoms with Gasteiger partial charge in [0.1, 0.15) is 5.82 Å². The Morgan fingerprint density at radius 3 is 2.39 bits per heavy atom. The number of hydrogen-bond donors (Lipinski definition) is 1. The fraction of sp³-hybridized carbons (Fsp3) is 0.500. The highest BCUT2D eigenvalue weighted by Crippen LogP contribution is 2.44. The van der Waals surface area contributed by atoms with Crippen LogP contribution < -0.4 is 5.32 Å². The molecule has 2 aliphatic carbocycles. The molecular weight excluding hydrogens is 297 g/mol. The lowest BCUT2D eigenvalue weighted by Gasteiger charge is -2.17. The molecule has 0 saturated heterocycles. The van der Waals surface area contributed by atoms with Crippen molar-refractivity contribution in [3.8, 4) is 0 Å². The first-order chi connectivity index (χ1) is 8.65. The minimum atomic E-state index is -0.340. The van der Waals surface area contributed by atoms with Crippen LogP contribution in [0.5, 0.6) is 0 Å². The van der Waals surface area contributed by atoms with E-state index in [1.54, 1.807) is 6.07 Å². The molecule has 0 heterocycles. The normalized spacial score (nSPS) is 19.1. The molecule has 2 aliphatic rings. The largest absolute Gasteiger partial charge is 0.349 e. The monoisotopic (exact) mass is 311 g/mol. The van der Waals surface area contributed by atoms with Crippen LogP contribution in [0.15, 0.2) is 22.7 Å². The molecule has 0 bridgehead atoms. The van der Waals surface area contributed by atoms with Crippen molar-refractivity contribution in [1.29, 1.82) is 0 Å². The predicted molar refractivity (Wildman–Crippen MR) is 70.8 cm³/mol. The minimum Gasteiger partial charge on any atom is -0.349 e. The Morgan fingerprint density at radius 2 is 1.89 bits per heavy atom. The van der Waals surface area contributed by atoms with Crippen molar-refractivity contribution in [2.45, 2.75) is 31.7 Å². The maximum Gasteiger partial charge on any atom is 0.251 e. The zero-order valence-corrected chi connectivity index (χ0v) is 11.5. The van der Waals surface area contributed by atoms with Crippen molar-refractivity contribution in [2.24, 2.45) is 11.8 Å². The van der Waals surface area contributed by atoms with Gasteiger partial charge in [0.05, 0.1) is 4.47 Å². The summed E-state index contributed by atoms with van der Waals surface area (Å²) in [5, 5.41) is 3.12. The molecule has 0 unspecified atom stereocenters.